The Balaban J connectivity index is 2.56. The van der Waals surface area contributed by atoms with Crippen molar-refractivity contribution in [2.24, 2.45) is 0 Å². The van der Waals surface area contributed by atoms with E-state index in [-0.39, 0.29) is 18.0 Å². The first kappa shape index (κ1) is 14.7. The Morgan fingerprint density at radius 2 is 1.95 bits per heavy atom. The highest BCUT2D eigenvalue weighted by Gasteiger charge is 2.29. The van der Waals surface area contributed by atoms with Crippen LogP contribution in [0.15, 0.2) is 30.3 Å². The van der Waals surface area contributed by atoms with Gasteiger partial charge in [-0.15, -0.1) is 5.10 Å². The van der Waals surface area contributed by atoms with E-state index in [2.05, 4.69) is 10.3 Å². The van der Waals surface area contributed by atoms with Crippen molar-refractivity contribution in [3.63, 3.8) is 0 Å². The number of hydrogen-bond donors (Lipinski definition) is 2. The van der Waals surface area contributed by atoms with E-state index in [4.69, 9.17) is 9.84 Å². The molecule has 2 rings (SSSR count). The summed E-state index contributed by atoms with van der Waals surface area (Å²) in [6.07, 6.45) is 0. The lowest BCUT2D eigenvalue weighted by Crippen LogP contribution is -2.24. The smallest absolute Gasteiger partial charge is 0.358 e. The molecule has 0 saturated carbocycles. The van der Waals surface area contributed by atoms with Gasteiger partial charge in [0.25, 0.3) is 0 Å². The highest BCUT2D eigenvalue weighted by Crippen LogP contribution is 2.21. The minimum absolute atomic E-state index is 0.0984. The molecular formula is C13H13N3O5. The molecule has 21 heavy (non-hydrogen) atoms. The minimum Gasteiger partial charge on any atom is -0.479 e. The van der Waals surface area contributed by atoms with Crippen LogP contribution in [0.5, 0.6) is 0 Å². The standard InChI is InChI=1S/C13H13N3O5/c1-21-7-9-10(12(17)18)14-15-16(9)11(13(19)20)8-5-3-2-4-6-8/h2-6,11H,7H2,1H3,(H,17,18)(H,19,20). The largest absolute Gasteiger partial charge is 0.479 e. The van der Waals surface area contributed by atoms with Gasteiger partial charge in [0.15, 0.2) is 11.7 Å². The number of aliphatic carboxylic acids is 1. The Kier molecular flexibility index (Phi) is 4.29. The van der Waals surface area contributed by atoms with Crippen LogP contribution in [0.25, 0.3) is 0 Å². The van der Waals surface area contributed by atoms with Crippen molar-refractivity contribution in [3.8, 4) is 0 Å². The molecule has 0 aliphatic rings. The van der Waals surface area contributed by atoms with Gasteiger partial charge in [-0.2, -0.15) is 0 Å². The third-order valence-electron chi connectivity index (χ3n) is 2.87. The summed E-state index contributed by atoms with van der Waals surface area (Å²) < 4.78 is 5.99. The van der Waals surface area contributed by atoms with Crippen LogP contribution in [-0.4, -0.2) is 44.3 Å². The number of carboxylic acids is 2. The van der Waals surface area contributed by atoms with E-state index in [0.717, 1.165) is 4.68 Å². The molecule has 8 heteroatoms. The number of nitrogens with zero attached hydrogens (tertiary/aromatic N) is 3. The molecule has 1 atom stereocenters. The molecule has 2 N–H and O–H groups in total. The van der Waals surface area contributed by atoms with Crippen LogP contribution >= 0.6 is 0 Å². The maximum absolute atomic E-state index is 11.6. The number of methoxy groups -OCH3 is 1. The number of rotatable bonds is 6. The molecule has 0 fully saturated rings. The molecule has 1 aromatic heterocycles. The maximum Gasteiger partial charge on any atom is 0.358 e. The maximum atomic E-state index is 11.6. The van der Waals surface area contributed by atoms with E-state index >= 15 is 0 Å². The first-order valence-corrected chi connectivity index (χ1v) is 6.00. The van der Waals surface area contributed by atoms with Crippen molar-refractivity contribution < 1.29 is 24.5 Å². The van der Waals surface area contributed by atoms with Crippen LogP contribution in [0, 0.1) is 0 Å². The normalized spacial score (nSPS) is 12.0. The molecule has 0 aliphatic carbocycles. The van der Waals surface area contributed by atoms with Crippen LogP contribution in [0.4, 0.5) is 0 Å². The summed E-state index contributed by atoms with van der Waals surface area (Å²) in [6, 6.07) is 7.21. The lowest BCUT2D eigenvalue weighted by molar-refractivity contribution is -0.140. The molecule has 2 aromatic rings. The van der Waals surface area contributed by atoms with E-state index in [1.807, 2.05) is 0 Å². The SMILES string of the molecule is COCc1c(C(=O)O)nnn1C(C(=O)O)c1ccccc1. The average Bonchev–Trinajstić information content (AvgIpc) is 2.84. The lowest BCUT2D eigenvalue weighted by atomic mass is 10.1. The van der Waals surface area contributed by atoms with Gasteiger partial charge in [-0.05, 0) is 5.56 Å². The van der Waals surface area contributed by atoms with Crippen molar-refractivity contribution in [2.45, 2.75) is 12.6 Å². The number of benzene rings is 1. The fourth-order valence-corrected chi connectivity index (χ4v) is 1.98. The molecular weight excluding hydrogens is 278 g/mol. The summed E-state index contributed by atoms with van der Waals surface area (Å²) in [5.74, 6) is -2.45. The Morgan fingerprint density at radius 1 is 1.29 bits per heavy atom. The zero-order chi connectivity index (χ0) is 15.4. The fourth-order valence-electron chi connectivity index (χ4n) is 1.98. The highest BCUT2D eigenvalue weighted by atomic mass is 16.5. The third-order valence-corrected chi connectivity index (χ3v) is 2.87. The lowest BCUT2D eigenvalue weighted by Gasteiger charge is -2.15. The Bertz CT molecular complexity index is 653. The second-order valence-electron chi connectivity index (χ2n) is 4.22. The molecule has 0 saturated heterocycles. The van der Waals surface area contributed by atoms with E-state index in [0.29, 0.717) is 5.56 Å². The van der Waals surface area contributed by atoms with Gasteiger partial charge in [-0.1, -0.05) is 35.5 Å². The van der Waals surface area contributed by atoms with E-state index in [9.17, 15) is 14.7 Å². The van der Waals surface area contributed by atoms with Gasteiger partial charge in [-0.25, -0.2) is 14.3 Å². The van der Waals surface area contributed by atoms with E-state index in [1.165, 1.54) is 7.11 Å². The number of aromatic nitrogens is 3. The second kappa shape index (κ2) is 6.14. The summed E-state index contributed by atoms with van der Waals surface area (Å²) in [6.45, 7) is -0.106. The molecule has 1 heterocycles. The van der Waals surface area contributed by atoms with Crippen LogP contribution in [0.2, 0.25) is 0 Å². The minimum atomic E-state index is -1.29. The van der Waals surface area contributed by atoms with Crippen LogP contribution in [-0.2, 0) is 16.1 Å². The second-order valence-corrected chi connectivity index (χ2v) is 4.22. The summed E-state index contributed by atoms with van der Waals surface area (Å²) >= 11 is 0. The first-order chi connectivity index (χ1) is 10.1. The Morgan fingerprint density at radius 3 is 2.48 bits per heavy atom. The van der Waals surface area contributed by atoms with Gasteiger partial charge in [0.1, 0.15) is 5.69 Å². The van der Waals surface area contributed by atoms with Gasteiger partial charge >= 0.3 is 11.9 Å². The summed E-state index contributed by atoms with van der Waals surface area (Å²) in [5.41, 5.74) is 0.240. The van der Waals surface area contributed by atoms with Gasteiger partial charge in [-0.3, -0.25) is 0 Å². The average molecular weight is 291 g/mol. The summed E-state index contributed by atoms with van der Waals surface area (Å²) in [7, 11) is 1.38. The molecule has 0 amide bonds. The molecule has 0 radical (unpaired) electrons. The third kappa shape index (κ3) is 2.90. The van der Waals surface area contributed by atoms with Crippen molar-refractivity contribution in [3.05, 3.63) is 47.3 Å². The highest BCUT2D eigenvalue weighted by molar-refractivity contribution is 5.86. The molecule has 1 unspecified atom stereocenters. The monoisotopic (exact) mass is 291 g/mol. The van der Waals surface area contributed by atoms with Gasteiger partial charge < -0.3 is 14.9 Å². The number of hydrogen-bond acceptors (Lipinski definition) is 5. The van der Waals surface area contributed by atoms with Crippen LogP contribution in [0.1, 0.15) is 27.8 Å². The molecule has 110 valence electrons. The van der Waals surface area contributed by atoms with Crippen LogP contribution < -0.4 is 0 Å². The number of carboxylic acid groups (broad SMARTS) is 2. The van der Waals surface area contributed by atoms with Gasteiger partial charge in [0.2, 0.25) is 0 Å². The van der Waals surface area contributed by atoms with Crippen molar-refractivity contribution in [1.82, 2.24) is 15.0 Å². The van der Waals surface area contributed by atoms with Gasteiger partial charge in [0, 0.05) is 7.11 Å². The zero-order valence-corrected chi connectivity index (χ0v) is 11.1. The fraction of sp³-hybridized carbons (Fsp3) is 0.231. The summed E-state index contributed by atoms with van der Waals surface area (Å²) in [5, 5.41) is 25.7. The number of aromatic carboxylic acids is 1. The van der Waals surface area contributed by atoms with Gasteiger partial charge in [0.05, 0.1) is 6.61 Å². The molecule has 0 bridgehead atoms. The van der Waals surface area contributed by atoms with Crippen molar-refractivity contribution in [2.75, 3.05) is 7.11 Å². The van der Waals surface area contributed by atoms with Crippen LogP contribution in [0.3, 0.4) is 0 Å². The van der Waals surface area contributed by atoms with E-state index in [1.54, 1.807) is 30.3 Å². The molecule has 1 aromatic carbocycles. The number of ether oxygens (including phenoxy) is 1. The molecule has 0 spiro atoms. The predicted octanol–water partition coefficient (Wildman–Crippen LogP) is 0.797. The number of carbonyl (C=O) groups is 2. The Labute approximate surface area is 119 Å². The quantitative estimate of drug-likeness (QED) is 0.808. The Hall–Kier alpha value is -2.74. The molecule has 0 aliphatic heterocycles. The van der Waals surface area contributed by atoms with E-state index < -0.39 is 18.0 Å². The topological polar surface area (TPSA) is 115 Å². The predicted molar refractivity (Wildman–Crippen MR) is 69.9 cm³/mol. The van der Waals surface area contributed by atoms with Crippen molar-refractivity contribution >= 4 is 11.9 Å². The van der Waals surface area contributed by atoms with Crippen molar-refractivity contribution in [1.29, 1.82) is 0 Å². The first-order valence-electron chi connectivity index (χ1n) is 6.00. The summed E-state index contributed by atoms with van der Waals surface area (Å²) in [4.78, 5) is 22.7. The molecule has 8 nitrogen and oxygen atoms in total. The zero-order valence-electron chi connectivity index (χ0n) is 11.1.